The predicted octanol–water partition coefficient (Wildman–Crippen LogP) is 3.78. The Morgan fingerprint density at radius 2 is 2.00 bits per heavy atom. The summed E-state index contributed by atoms with van der Waals surface area (Å²) in [4.78, 5) is 31.1. The van der Waals surface area contributed by atoms with Crippen molar-refractivity contribution in [2.75, 3.05) is 4.90 Å². The molecule has 156 valence electrons. The summed E-state index contributed by atoms with van der Waals surface area (Å²) >= 11 is 0. The molecular formula is C24H22N4O3. The Balaban J connectivity index is 1.35. The molecule has 1 fully saturated rings. The van der Waals surface area contributed by atoms with Crippen LogP contribution in [-0.2, 0) is 6.54 Å². The van der Waals surface area contributed by atoms with Gasteiger partial charge in [-0.3, -0.25) is 14.7 Å². The van der Waals surface area contributed by atoms with E-state index in [9.17, 15) is 9.59 Å². The van der Waals surface area contributed by atoms with Gasteiger partial charge in [0.15, 0.2) is 5.72 Å². The first-order chi connectivity index (χ1) is 15.0. The fourth-order valence-corrected chi connectivity index (χ4v) is 4.26. The summed E-state index contributed by atoms with van der Waals surface area (Å²) in [5, 5.41) is 5.96. The van der Waals surface area contributed by atoms with E-state index in [1.807, 2.05) is 43.3 Å². The first kappa shape index (κ1) is 19.1. The van der Waals surface area contributed by atoms with Crippen LogP contribution in [0.3, 0.4) is 0 Å². The minimum atomic E-state index is -0.814. The number of benzene rings is 2. The molecule has 2 aromatic carbocycles. The summed E-state index contributed by atoms with van der Waals surface area (Å²) in [6.45, 7) is 2.32. The maximum atomic E-state index is 13.0. The fraction of sp³-hybridized carbons (Fsp3) is 0.208. The van der Waals surface area contributed by atoms with Crippen LogP contribution in [0.5, 0.6) is 5.75 Å². The number of carbonyl (C=O) groups excluding carboxylic acids is 2. The van der Waals surface area contributed by atoms with Crippen molar-refractivity contribution in [2.24, 2.45) is 0 Å². The maximum absolute atomic E-state index is 13.0. The van der Waals surface area contributed by atoms with Gasteiger partial charge in [-0.05, 0) is 48.9 Å². The molecule has 2 aliphatic rings. The standard InChI is InChI=1S/C24H22N4O3/c1-24-13-20(19-6-2-3-7-21(19)31-24)27-23(30)28(24)18-10-8-17(9-11-18)22(29)26-15-16-5-4-12-25-14-16/h2-12,14,20H,13,15H2,1H3,(H,26,29)(H,27,30). The van der Waals surface area contributed by atoms with Gasteiger partial charge >= 0.3 is 6.03 Å². The van der Waals surface area contributed by atoms with Crippen molar-refractivity contribution in [3.63, 3.8) is 0 Å². The van der Waals surface area contributed by atoms with Gasteiger partial charge in [-0.25, -0.2) is 4.79 Å². The zero-order chi connectivity index (χ0) is 21.4. The maximum Gasteiger partial charge on any atom is 0.325 e. The molecule has 2 aliphatic heterocycles. The quantitative estimate of drug-likeness (QED) is 0.681. The normalized spacial score (nSPS) is 21.5. The van der Waals surface area contributed by atoms with Gasteiger partial charge in [0.05, 0.1) is 6.04 Å². The second-order valence-electron chi connectivity index (χ2n) is 7.95. The van der Waals surface area contributed by atoms with E-state index in [0.29, 0.717) is 24.2 Å². The van der Waals surface area contributed by atoms with Gasteiger partial charge in [-0.2, -0.15) is 0 Å². The molecule has 2 bridgehead atoms. The lowest BCUT2D eigenvalue weighted by Crippen LogP contribution is -2.65. The fourth-order valence-electron chi connectivity index (χ4n) is 4.26. The van der Waals surface area contributed by atoms with E-state index in [-0.39, 0.29) is 18.0 Å². The van der Waals surface area contributed by atoms with E-state index in [0.717, 1.165) is 16.9 Å². The van der Waals surface area contributed by atoms with Crippen molar-refractivity contribution in [1.29, 1.82) is 0 Å². The highest BCUT2D eigenvalue weighted by Gasteiger charge is 2.49. The second-order valence-corrected chi connectivity index (χ2v) is 7.95. The molecule has 3 heterocycles. The number of hydrogen-bond donors (Lipinski definition) is 2. The van der Waals surface area contributed by atoms with Crippen molar-refractivity contribution in [1.82, 2.24) is 15.6 Å². The lowest BCUT2D eigenvalue weighted by molar-refractivity contribution is 0.0379. The molecule has 3 amide bonds. The largest absolute Gasteiger partial charge is 0.467 e. The van der Waals surface area contributed by atoms with Crippen molar-refractivity contribution < 1.29 is 14.3 Å². The summed E-state index contributed by atoms with van der Waals surface area (Å²) in [5.41, 5.74) is 2.29. The van der Waals surface area contributed by atoms with E-state index in [1.54, 1.807) is 41.6 Å². The highest BCUT2D eigenvalue weighted by molar-refractivity contribution is 5.97. The van der Waals surface area contributed by atoms with Crippen LogP contribution < -0.4 is 20.3 Å². The zero-order valence-corrected chi connectivity index (χ0v) is 17.0. The summed E-state index contributed by atoms with van der Waals surface area (Å²) in [6, 6.07) is 18.2. The van der Waals surface area contributed by atoms with E-state index in [4.69, 9.17) is 4.74 Å². The van der Waals surface area contributed by atoms with E-state index < -0.39 is 5.72 Å². The van der Waals surface area contributed by atoms with Gasteiger partial charge in [-0.1, -0.05) is 24.3 Å². The lowest BCUT2D eigenvalue weighted by atomic mass is 9.90. The number of ether oxygens (including phenoxy) is 1. The molecule has 3 aromatic rings. The molecule has 7 nitrogen and oxygen atoms in total. The third-order valence-corrected chi connectivity index (χ3v) is 5.74. The van der Waals surface area contributed by atoms with Crippen LogP contribution in [0.4, 0.5) is 10.5 Å². The molecule has 0 saturated carbocycles. The number of anilines is 1. The highest BCUT2D eigenvalue weighted by Crippen LogP contribution is 2.45. The molecule has 2 N–H and O–H groups in total. The van der Waals surface area contributed by atoms with Gasteiger partial charge in [0, 0.05) is 42.2 Å². The van der Waals surface area contributed by atoms with Crippen LogP contribution in [-0.4, -0.2) is 22.6 Å². The second kappa shape index (κ2) is 7.43. The number of pyridine rings is 1. The van der Waals surface area contributed by atoms with Gasteiger partial charge in [0.2, 0.25) is 0 Å². The van der Waals surface area contributed by atoms with Crippen LogP contribution in [0.2, 0.25) is 0 Å². The summed E-state index contributed by atoms with van der Waals surface area (Å²) in [6.07, 6.45) is 4.04. The van der Waals surface area contributed by atoms with Crippen LogP contribution in [0, 0.1) is 0 Å². The first-order valence-electron chi connectivity index (χ1n) is 10.2. The number of carbonyl (C=O) groups is 2. The zero-order valence-electron chi connectivity index (χ0n) is 17.0. The number of hydrogen-bond acceptors (Lipinski definition) is 4. The topological polar surface area (TPSA) is 83.6 Å². The van der Waals surface area contributed by atoms with Gasteiger partial charge < -0.3 is 15.4 Å². The number of nitrogens with zero attached hydrogens (tertiary/aromatic N) is 2. The number of para-hydroxylation sites is 1. The minimum Gasteiger partial charge on any atom is -0.467 e. The minimum absolute atomic E-state index is 0.0868. The molecule has 7 heteroatoms. The number of amides is 3. The summed E-state index contributed by atoms with van der Waals surface area (Å²) in [7, 11) is 0. The number of fused-ring (bicyclic) bond motifs is 4. The van der Waals surface area contributed by atoms with Crippen molar-refractivity contribution in [3.05, 3.63) is 89.7 Å². The Labute approximate surface area is 180 Å². The van der Waals surface area contributed by atoms with Crippen molar-refractivity contribution in [3.8, 4) is 5.75 Å². The number of nitrogens with one attached hydrogen (secondary N) is 2. The van der Waals surface area contributed by atoms with Gasteiger partial charge in [0.25, 0.3) is 5.91 Å². The first-order valence-corrected chi connectivity index (χ1v) is 10.2. The average molecular weight is 414 g/mol. The third-order valence-electron chi connectivity index (χ3n) is 5.74. The van der Waals surface area contributed by atoms with E-state index in [2.05, 4.69) is 15.6 Å². The molecule has 0 radical (unpaired) electrons. The van der Waals surface area contributed by atoms with Crippen LogP contribution in [0.25, 0.3) is 0 Å². The molecule has 0 aliphatic carbocycles. The number of aromatic nitrogens is 1. The molecule has 5 rings (SSSR count). The third kappa shape index (κ3) is 3.48. The summed E-state index contributed by atoms with van der Waals surface area (Å²) in [5.74, 6) is 0.588. The van der Waals surface area contributed by atoms with Crippen LogP contribution in [0.1, 0.15) is 40.9 Å². The molecule has 2 unspecified atom stereocenters. The molecule has 2 atom stereocenters. The van der Waals surface area contributed by atoms with E-state index in [1.165, 1.54) is 0 Å². The molecule has 1 aromatic heterocycles. The Bertz CT molecular complexity index is 1130. The lowest BCUT2D eigenvalue weighted by Gasteiger charge is -2.50. The SMILES string of the molecule is CC12CC(NC(=O)N1c1ccc(C(=O)NCc3cccnc3)cc1)c1ccccc1O2. The van der Waals surface area contributed by atoms with Gasteiger partial charge in [0.1, 0.15) is 5.75 Å². The molecular weight excluding hydrogens is 392 g/mol. The van der Waals surface area contributed by atoms with Gasteiger partial charge in [-0.15, -0.1) is 0 Å². The number of urea groups is 1. The van der Waals surface area contributed by atoms with Crippen molar-refractivity contribution >= 4 is 17.6 Å². The summed E-state index contributed by atoms with van der Waals surface area (Å²) < 4.78 is 6.27. The molecule has 1 saturated heterocycles. The Morgan fingerprint density at radius 3 is 2.77 bits per heavy atom. The number of rotatable bonds is 4. The highest BCUT2D eigenvalue weighted by atomic mass is 16.5. The van der Waals surface area contributed by atoms with E-state index >= 15 is 0 Å². The van der Waals surface area contributed by atoms with Crippen LogP contribution in [0.15, 0.2) is 73.1 Å². The smallest absolute Gasteiger partial charge is 0.325 e. The Morgan fingerprint density at radius 1 is 1.19 bits per heavy atom. The Hall–Kier alpha value is -3.87. The monoisotopic (exact) mass is 414 g/mol. The Kier molecular flexibility index (Phi) is 4.58. The average Bonchev–Trinajstić information content (AvgIpc) is 2.78. The molecule has 0 spiro atoms. The van der Waals surface area contributed by atoms with Crippen LogP contribution >= 0.6 is 0 Å². The molecule has 31 heavy (non-hydrogen) atoms. The predicted molar refractivity (Wildman–Crippen MR) is 116 cm³/mol. The van der Waals surface area contributed by atoms with Crippen molar-refractivity contribution in [2.45, 2.75) is 31.7 Å².